The first-order valence-electron chi connectivity index (χ1n) is 27.5. The molecule has 5 heteroatoms. The molecule has 3 aromatic heterocycles. The van der Waals surface area contributed by atoms with E-state index in [1.807, 2.05) is 6.20 Å². The van der Waals surface area contributed by atoms with Crippen molar-refractivity contribution < 1.29 is 9.30 Å². The van der Waals surface area contributed by atoms with Gasteiger partial charge in [-0.2, -0.15) is 0 Å². The zero-order valence-electron chi connectivity index (χ0n) is 48.5. The summed E-state index contributed by atoms with van der Waals surface area (Å²) < 4.78 is 14.3. The third-order valence-electron chi connectivity index (χ3n) is 15.8. The van der Waals surface area contributed by atoms with E-state index in [0.717, 1.165) is 56.1 Å². The SMILES string of the molecule is CC(C)(C)c1cc(-[n+]2[c-]n(-c3cc(Oc4ccc5c6cc(-c7ccccc7)ccc6n(-c6cc(C(C)(C)C)ccn6)c5c4)cc(C(C)(C)c4ccccc4)c3)c(C(C)(C)C)c2C(C)(C)C)cc(C(C)(C)c2ccccc2)c1. The Morgan fingerprint density at radius 2 is 1.00 bits per heavy atom. The minimum atomic E-state index is -0.386. The highest BCUT2D eigenvalue weighted by Gasteiger charge is 2.36. The van der Waals surface area contributed by atoms with Crippen LogP contribution in [0, 0.1) is 6.33 Å². The van der Waals surface area contributed by atoms with E-state index in [4.69, 9.17) is 9.72 Å². The summed E-state index contributed by atoms with van der Waals surface area (Å²) in [5, 5.41) is 2.30. The lowest BCUT2D eigenvalue weighted by molar-refractivity contribution is -0.611. The highest BCUT2D eigenvalue weighted by atomic mass is 16.5. The molecule has 10 aromatic rings. The van der Waals surface area contributed by atoms with Crippen molar-refractivity contribution in [3.05, 3.63) is 233 Å². The zero-order valence-corrected chi connectivity index (χ0v) is 48.5. The van der Waals surface area contributed by atoms with E-state index in [1.54, 1.807) is 0 Å². The van der Waals surface area contributed by atoms with Crippen LogP contribution in [0.2, 0.25) is 0 Å². The van der Waals surface area contributed by atoms with Crippen LogP contribution in [-0.4, -0.2) is 14.1 Å². The van der Waals surface area contributed by atoms with Gasteiger partial charge in [-0.1, -0.05) is 214 Å². The predicted octanol–water partition coefficient (Wildman–Crippen LogP) is 18.3. The minimum absolute atomic E-state index is 0.0585. The van der Waals surface area contributed by atoms with Gasteiger partial charge >= 0.3 is 0 Å². The number of hydrogen-bond acceptors (Lipinski definition) is 2. The van der Waals surface area contributed by atoms with Gasteiger partial charge in [-0.25, -0.2) is 4.98 Å². The summed E-state index contributed by atoms with van der Waals surface area (Å²) in [5.41, 5.74) is 15.0. The maximum Gasteiger partial charge on any atom is 0.269 e. The van der Waals surface area contributed by atoms with E-state index in [1.165, 1.54) is 50.3 Å². The Labute approximate surface area is 459 Å². The average Bonchev–Trinajstić information content (AvgIpc) is 4.00. The van der Waals surface area contributed by atoms with Gasteiger partial charge in [-0.15, -0.1) is 0 Å². The largest absolute Gasteiger partial charge is 0.458 e. The van der Waals surface area contributed by atoms with Crippen LogP contribution in [-0.2, 0) is 32.5 Å². The lowest BCUT2D eigenvalue weighted by Crippen LogP contribution is -2.41. The van der Waals surface area contributed by atoms with Crippen LogP contribution in [0.4, 0.5) is 0 Å². The Morgan fingerprint density at radius 1 is 0.416 bits per heavy atom. The second-order valence-electron chi connectivity index (χ2n) is 26.6. The third-order valence-corrected chi connectivity index (χ3v) is 15.8. The number of pyridine rings is 1. The molecule has 5 nitrogen and oxygen atoms in total. The van der Waals surface area contributed by atoms with Gasteiger partial charge in [-0.05, 0) is 133 Å². The molecule has 0 aliphatic heterocycles. The molecule has 7 aromatic carbocycles. The summed E-state index contributed by atoms with van der Waals surface area (Å²) >= 11 is 0. The van der Waals surface area contributed by atoms with Crippen molar-refractivity contribution in [2.45, 2.75) is 143 Å². The molecule has 0 fully saturated rings. The molecular formula is C72H78N4O. The predicted molar refractivity (Wildman–Crippen MR) is 322 cm³/mol. The van der Waals surface area contributed by atoms with Gasteiger partial charge in [0.15, 0.2) is 0 Å². The molecule has 392 valence electrons. The van der Waals surface area contributed by atoms with Crippen molar-refractivity contribution in [2.75, 3.05) is 0 Å². The van der Waals surface area contributed by atoms with E-state index in [0.29, 0.717) is 0 Å². The molecule has 0 N–H and O–H groups in total. The fourth-order valence-corrected chi connectivity index (χ4v) is 11.1. The van der Waals surface area contributed by atoms with Gasteiger partial charge < -0.3 is 4.74 Å². The van der Waals surface area contributed by atoms with E-state index in [2.05, 4.69) is 307 Å². The maximum atomic E-state index is 7.27. The molecule has 0 aliphatic rings. The van der Waals surface area contributed by atoms with Crippen LogP contribution in [0.1, 0.15) is 156 Å². The smallest absolute Gasteiger partial charge is 0.269 e. The number of rotatable bonds is 10. The van der Waals surface area contributed by atoms with Crippen molar-refractivity contribution in [1.82, 2.24) is 14.1 Å². The Morgan fingerprint density at radius 3 is 1.58 bits per heavy atom. The van der Waals surface area contributed by atoms with Crippen molar-refractivity contribution in [2.24, 2.45) is 0 Å². The molecule has 0 unspecified atom stereocenters. The molecule has 3 heterocycles. The monoisotopic (exact) mass is 1010 g/mol. The Kier molecular flexibility index (Phi) is 13.2. The first-order chi connectivity index (χ1) is 36.2. The number of ether oxygens (including phenoxy) is 1. The van der Waals surface area contributed by atoms with E-state index < -0.39 is 0 Å². The van der Waals surface area contributed by atoms with Crippen LogP contribution < -0.4 is 9.30 Å². The van der Waals surface area contributed by atoms with Crippen molar-refractivity contribution in [3.63, 3.8) is 0 Å². The molecule has 10 rings (SSSR count). The summed E-state index contributed by atoms with van der Waals surface area (Å²) in [6.45, 7) is 37.1. The highest BCUT2D eigenvalue weighted by molar-refractivity contribution is 6.10. The number of fused-ring (bicyclic) bond motifs is 3. The number of imidazole rings is 1. The summed E-state index contributed by atoms with van der Waals surface area (Å²) in [6, 6.07) is 64.1. The number of hydrogen-bond donors (Lipinski definition) is 0. The molecule has 0 spiro atoms. The molecule has 0 bridgehead atoms. The fourth-order valence-electron chi connectivity index (χ4n) is 11.1. The van der Waals surface area contributed by atoms with Crippen LogP contribution in [0.3, 0.4) is 0 Å². The van der Waals surface area contributed by atoms with Crippen molar-refractivity contribution >= 4 is 21.8 Å². The fraction of sp³-hybridized carbons (Fsp3) is 0.306. The molecule has 77 heavy (non-hydrogen) atoms. The van der Waals surface area contributed by atoms with Crippen LogP contribution in [0.15, 0.2) is 182 Å². The molecule has 0 amide bonds. The summed E-state index contributed by atoms with van der Waals surface area (Å²) in [4.78, 5) is 5.04. The Hall–Kier alpha value is -7.50. The van der Waals surface area contributed by atoms with Gasteiger partial charge in [-0.3, -0.25) is 13.7 Å². The van der Waals surface area contributed by atoms with Crippen LogP contribution >= 0.6 is 0 Å². The number of benzene rings is 7. The minimum Gasteiger partial charge on any atom is -0.458 e. The lowest BCUT2D eigenvalue weighted by Gasteiger charge is -2.32. The second-order valence-corrected chi connectivity index (χ2v) is 26.6. The first kappa shape index (κ1) is 52.9. The van der Waals surface area contributed by atoms with Gasteiger partial charge in [0.2, 0.25) is 0 Å². The van der Waals surface area contributed by atoms with Gasteiger partial charge in [0.05, 0.1) is 33.8 Å². The normalized spacial score (nSPS) is 12.9. The standard InChI is InChI=1S/C72H78N4O/c1-67(2,3)52-36-37-73-64(44-52)76-62-35-32-49(48-26-20-17-21-27-48)38-61(62)60-34-33-58(46-63(60)76)77-59-43-55(72(15,16)51-30-24-19-25-31-51)42-57(45-59)75-47-74(65(69(7,8)9)66(75)70(10,11)12)56-40-53(68(4,5)6)39-54(41-56)71(13,14)50-28-22-18-23-29-50/h17-46H,1-16H3. The second kappa shape index (κ2) is 19.2. The first-order valence-corrected chi connectivity index (χ1v) is 27.5. The molecule has 0 atom stereocenters. The van der Waals surface area contributed by atoms with E-state index in [-0.39, 0.29) is 32.5 Å². The Balaban J connectivity index is 1.20. The van der Waals surface area contributed by atoms with E-state index >= 15 is 0 Å². The van der Waals surface area contributed by atoms with Gasteiger partial charge in [0.25, 0.3) is 6.33 Å². The van der Waals surface area contributed by atoms with Crippen LogP contribution in [0.5, 0.6) is 11.5 Å². The lowest BCUT2D eigenvalue weighted by atomic mass is 9.75. The molecule has 0 aliphatic carbocycles. The Bertz CT molecular complexity index is 3790. The molecule has 0 saturated carbocycles. The zero-order chi connectivity index (χ0) is 55.0. The quantitative estimate of drug-likeness (QED) is 0.101. The topological polar surface area (TPSA) is 35.9 Å². The summed E-state index contributed by atoms with van der Waals surface area (Å²) in [6.07, 6.45) is 6.01. The molecule has 0 radical (unpaired) electrons. The van der Waals surface area contributed by atoms with E-state index in [9.17, 15) is 0 Å². The molecule has 0 saturated heterocycles. The van der Waals surface area contributed by atoms with Crippen molar-refractivity contribution in [3.8, 4) is 39.8 Å². The highest BCUT2D eigenvalue weighted by Crippen LogP contribution is 2.43. The van der Waals surface area contributed by atoms with Gasteiger partial charge in [0, 0.05) is 33.9 Å². The number of nitrogens with zero attached hydrogens (tertiary/aromatic N) is 4. The summed E-state index contributed by atoms with van der Waals surface area (Å²) in [5.74, 6) is 2.36. The van der Waals surface area contributed by atoms with Gasteiger partial charge in [0.1, 0.15) is 17.3 Å². The maximum absolute atomic E-state index is 7.27. The average molecular weight is 1020 g/mol. The van der Waals surface area contributed by atoms with Crippen LogP contribution in [0.25, 0.3) is 50.1 Å². The number of aromatic nitrogens is 4. The molecular weight excluding hydrogens is 937 g/mol. The third kappa shape index (κ3) is 10.2. The summed E-state index contributed by atoms with van der Waals surface area (Å²) in [7, 11) is 0. The van der Waals surface area contributed by atoms with Crippen molar-refractivity contribution in [1.29, 1.82) is 0 Å².